The average Bonchev–Trinajstić information content (AvgIpc) is 3.18. The summed E-state index contributed by atoms with van der Waals surface area (Å²) in [5.74, 6) is 0.117. The maximum Gasteiger partial charge on any atom is 0.195 e. The molecule has 0 bridgehead atoms. The van der Waals surface area contributed by atoms with Gasteiger partial charge in [-0.05, 0) is 30.0 Å². The lowest BCUT2D eigenvalue weighted by Gasteiger charge is -2.41. The fraction of sp³-hybridized carbons (Fsp3) is 0.360. The quantitative estimate of drug-likeness (QED) is 0.826. The topological polar surface area (TPSA) is 58.9 Å². The molecule has 1 N–H and O–H groups in total. The van der Waals surface area contributed by atoms with Crippen molar-refractivity contribution in [3.05, 3.63) is 83.9 Å². The number of hydrogen-bond donors (Lipinski definition) is 1. The van der Waals surface area contributed by atoms with Crippen LogP contribution in [0.1, 0.15) is 44.0 Å². The molecule has 0 fully saturated rings. The number of benzene rings is 2. The van der Waals surface area contributed by atoms with Crippen LogP contribution < -0.4 is 0 Å². The number of carbonyl (C=O) groups excluding carboxylic acids is 1. The Kier molecular flexibility index (Phi) is 5.13. The first kappa shape index (κ1) is 19.6. The van der Waals surface area contributed by atoms with Crippen LogP contribution in [-0.2, 0) is 9.53 Å². The highest BCUT2D eigenvalue weighted by Gasteiger charge is 2.51. The van der Waals surface area contributed by atoms with Crippen LogP contribution in [0.25, 0.3) is 0 Å². The van der Waals surface area contributed by atoms with Crippen LogP contribution in [0.15, 0.2) is 77.8 Å². The predicted molar refractivity (Wildman–Crippen MR) is 113 cm³/mol. The second-order valence-electron chi connectivity index (χ2n) is 8.47. The van der Waals surface area contributed by atoms with E-state index in [0.717, 1.165) is 11.1 Å². The summed E-state index contributed by atoms with van der Waals surface area (Å²) in [6.45, 7) is 6.06. The predicted octanol–water partition coefficient (Wildman–Crippen LogP) is 4.68. The van der Waals surface area contributed by atoms with Crippen molar-refractivity contribution in [1.29, 1.82) is 0 Å². The Labute approximate surface area is 171 Å². The second kappa shape index (κ2) is 7.60. The van der Waals surface area contributed by atoms with E-state index in [4.69, 9.17) is 9.73 Å². The van der Waals surface area contributed by atoms with Gasteiger partial charge in [0.1, 0.15) is 12.1 Å². The summed E-state index contributed by atoms with van der Waals surface area (Å²) in [5.41, 5.74) is 1.48. The van der Waals surface area contributed by atoms with Gasteiger partial charge in [-0.25, -0.2) is 4.99 Å². The number of aliphatic imine (C=N–C) groups is 1. The number of aliphatic hydroxyl groups excluding tert-OH is 1. The lowest BCUT2D eigenvalue weighted by Crippen LogP contribution is -2.49. The molecule has 0 amide bonds. The molecular formula is C25H27NO3. The van der Waals surface area contributed by atoms with E-state index in [-0.39, 0.29) is 29.8 Å². The molecule has 0 unspecified atom stereocenters. The van der Waals surface area contributed by atoms with Crippen molar-refractivity contribution in [3.63, 3.8) is 0 Å². The second-order valence-corrected chi connectivity index (χ2v) is 8.47. The van der Waals surface area contributed by atoms with Crippen LogP contribution in [0.2, 0.25) is 0 Å². The molecule has 4 nitrogen and oxygen atoms in total. The molecule has 0 aromatic heterocycles. The Bertz CT molecular complexity index is 935. The first-order valence-corrected chi connectivity index (χ1v) is 10.2. The van der Waals surface area contributed by atoms with Gasteiger partial charge in [-0.1, -0.05) is 80.6 Å². The average molecular weight is 389 g/mol. The van der Waals surface area contributed by atoms with Crippen molar-refractivity contribution in [3.8, 4) is 0 Å². The summed E-state index contributed by atoms with van der Waals surface area (Å²) < 4.78 is 6.50. The number of nitrogens with zero attached hydrogens (tertiary/aromatic N) is 1. The van der Waals surface area contributed by atoms with Crippen molar-refractivity contribution < 1.29 is 14.6 Å². The molecule has 4 rings (SSSR count). The summed E-state index contributed by atoms with van der Waals surface area (Å²) >= 11 is 0. The minimum atomic E-state index is -1.05. The molecule has 150 valence electrons. The zero-order valence-electron chi connectivity index (χ0n) is 17.0. The highest BCUT2D eigenvalue weighted by molar-refractivity contribution is 5.98. The molecule has 0 saturated carbocycles. The van der Waals surface area contributed by atoms with Gasteiger partial charge in [-0.3, -0.25) is 4.79 Å². The van der Waals surface area contributed by atoms with Crippen LogP contribution in [0, 0.1) is 17.3 Å². The zero-order valence-corrected chi connectivity index (χ0v) is 17.0. The highest BCUT2D eigenvalue weighted by atomic mass is 16.5. The van der Waals surface area contributed by atoms with E-state index >= 15 is 0 Å². The smallest absolute Gasteiger partial charge is 0.195 e. The van der Waals surface area contributed by atoms with Crippen molar-refractivity contribution >= 4 is 11.7 Å². The molecule has 2 aromatic rings. The van der Waals surface area contributed by atoms with Gasteiger partial charge in [0, 0.05) is 5.92 Å². The highest BCUT2D eigenvalue weighted by Crippen LogP contribution is 2.49. The van der Waals surface area contributed by atoms with Crippen molar-refractivity contribution in [2.45, 2.75) is 39.0 Å². The van der Waals surface area contributed by atoms with E-state index in [2.05, 4.69) is 24.3 Å². The molecule has 1 aliphatic heterocycles. The van der Waals surface area contributed by atoms with Gasteiger partial charge in [-0.2, -0.15) is 0 Å². The number of aliphatic hydroxyl groups is 1. The van der Waals surface area contributed by atoms with Gasteiger partial charge in [0.15, 0.2) is 17.8 Å². The van der Waals surface area contributed by atoms with E-state index < -0.39 is 11.5 Å². The van der Waals surface area contributed by atoms with Crippen LogP contribution >= 0.6 is 0 Å². The Balaban J connectivity index is 1.79. The van der Waals surface area contributed by atoms with E-state index in [1.807, 2.05) is 63.2 Å². The number of hydrogen-bond acceptors (Lipinski definition) is 4. The Morgan fingerprint density at radius 3 is 2.17 bits per heavy atom. The maximum absolute atomic E-state index is 12.2. The number of ketones is 1. The molecule has 29 heavy (non-hydrogen) atoms. The lowest BCUT2D eigenvalue weighted by molar-refractivity contribution is -0.129. The van der Waals surface area contributed by atoms with Crippen molar-refractivity contribution in [2.75, 3.05) is 0 Å². The van der Waals surface area contributed by atoms with E-state index in [1.165, 1.54) is 6.08 Å². The largest absolute Gasteiger partial charge is 0.469 e. The molecule has 0 radical (unpaired) electrons. The van der Waals surface area contributed by atoms with Crippen LogP contribution in [0.4, 0.5) is 0 Å². The summed E-state index contributed by atoms with van der Waals surface area (Å²) in [6, 6.07) is 20.0. The maximum atomic E-state index is 12.2. The molecule has 4 heteroatoms. The SMILES string of the molecule is CC(C)[C@@H]1[C@@H](O)C(=O)C=C[C@]1(C)C1=N[C@H](c2ccccc2)[C@@H](c2ccccc2)O1. The van der Waals surface area contributed by atoms with Crippen molar-refractivity contribution in [2.24, 2.45) is 22.2 Å². The van der Waals surface area contributed by atoms with Gasteiger partial charge in [0.2, 0.25) is 0 Å². The van der Waals surface area contributed by atoms with Crippen molar-refractivity contribution in [1.82, 2.24) is 0 Å². The van der Waals surface area contributed by atoms with Crippen LogP contribution in [0.3, 0.4) is 0 Å². The standard InChI is InChI=1S/C25H27NO3/c1-16(2)20-22(28)19(27)14-15-25(20,3)24-26-21(17-10-6-4-7-11-17)23(29-24)18-12-8-5-9-13-18/h4-16,20-23,28H,1-3H3/t20-,21-,22+,23-,25+/m1/s1. The van der Waals surface area contributed by atoms with Gasteiger partial charge >= 0.3 is 0 Å². The normalized spacial score (nSPS) is 31.6. The third-order valence-electron chi connectivity index (χ3n) is 6.15. The fourth-order valence-electron chi connectivity index (χ4n) is 4.71. The van der Waals surface area contributed by atoms with Gasteiger partial charge in [0.05, 0.1) is 5.41 Å². The first-order valence-electron chi connectivity index (χ1n) is 10.2. The number of rotatable bonds is 4. The molecule has 1 aliphatic carbocycles. The summed E-state index contributed by atoms with van der Waals surface area (Å²) in [7, 11) is 0. The number of ether oxygens (including phenoxy) is 1. The molecule has 0 saturated heterocycles. The molecule has 5 atom stereocenters. The Morgan fingerprint density at radius 2 is 1.59 bits per heavy atom. The number of carbonyl (C=O) groups is 1. The first-order chi connectivity index (χ1) is 13.9. The van der Waals surface area contributed by atoms with E-state index in [0.29, 0.717) is 5.90 Å². The molecule has 0 spiro atoms. The fourth-order valence-corrected chi connectivity index (χ4v) is 4.71. The molecular weight excluding hydrogens is 362 g/mol. The zero-order chi connectivity index (χ0) is 20.6. The molecule has 2 aromatic carbocycles. The van der Waals surface area contributed by atoms with Crippen LogP contribution in [0.5, 0.6) is 0 Å². The summed E-state index contributed by atoms with van der Waals surface area (Å²) in [4.78, 5) is 17.2. The summed E-state index contributed by atoms with van der Waals surface area (Å²) in [6.07, 6.45) is 2.03. The monoisotopic (exact) mass is 389 g/mol. The van der Waals surface area contributed by atoms with Crippen LogP contribution in [-0.4, -0.2) is 22.9 Å². The van der Waals surface area contributed by atoms with Gasteiger partial charge < -0.3 is 9.84 Å². The van der Waals surface area contributed by atoms with Gasteiger partial charge in [0.25, 0.3) is 0 Å². The Morgan fingerprint density at radius 1 is 1.00 bits per heavy atom. The Hall–Kier alpha value is -2.72. The molecule has 2 aliphatic rings. The third kappa shape index (κ3) is 3.42. The van der Waals surface area contributed by atoms with E-state index in [1.54, 1.807) is 0 Å². The lowest BCUT2D eigenvalue weighted by atomic mass is 9.65. The minimum absolute atomic E-state index is 0.0844. The molecule has 1 heterocycles. The minimum Gasteiger partial charge on any atom is -0.469 e. The van der Waals surface area contributed by atoms with E-state index in [9.17, 15) is 9.90 Å². The third-order valence-corrected chi connectivity index (χ3v) is 6.15. The van der Waals surface area contributed by atoms with Gasteiger partial charge in [-0.15, -0.1) is 0 Å². The summed E-state index contributed by atoms with van der Waals surface area (Å²) in [5, 5.41) is 10.7.